The first-order chi connectivity index (χ1) is 12.4. The molecular formula is C21H26N2O3. The van der Waals surface area contributed by atoms with Gasteiger partial charge in [-0.15, -0.1) is 0 Å². The molecule has 138 valence electrons. The van der Waals surface area contributed by atoms with Crippen LogP contribution in [0.25, 0.3) is 0 Å². The predicted molar refractivity (Wildman–Crippen MR) is 103 cm³/mol. The summed E-state index contributed by atoms with van der Waals surface area (Å²) >= 11 is 0. The summed E-state index contributed by atoms with van der Waals surface area (Å²) in [5.41, 5.74) is 2.84. The fourth-order valence-corrected chi connectivity index (χ4v) is 2.41. The number of carbonyl (C=O) groups is 2. The number of nitrogens with zero attached hydrogens (tertiary/aromatic N) is 1. The van der Waals surface area contributed by atoms with Gasteiger partial charge in [0.25, 0.3) is 5.91 Å². The van der Waals surface area contributed by atoms with E-state index in [0.29, 0.717) is 17.4 Å². The smallest absolute Gasteiger partial charge is 0.260 e. The first kappa shape index (κ1) is 19.5. The van der Waals surface area contributed by atoms with Gasteiger partial charge < -0.3 is 15.0 Å². The van der Waals surface area contributed by atoms with Crippen LogP contribution >= 0.6 is 0 Å². The maximum Gasteiger partial charge on any atom is 0.260 e. The molecule has 0 unspecified atom stereocenters. The zero-order chi connectivity index (χ0) is 19.1. The van der Waals surface area contributed by atoms with Crippen LogP contribution < -0.4 is 10.1 Å². The van der Waals surface area contributed by atoms with E-state index in [0.717, 1.165) is 11.1 Å². The molecule has 5 nitrogen and oxygen atoms in total. The number of hydrogen-bond acceptors (Lipinski definition) is 3. The van der Waals surface area contributed by atoms with Crippen LogP contribution in [0, 0.1) is 6.92 Å². The van der Waals surface area contributed by atoms with Crippen LogP contribution in [-0.4, -0.2) is 36.9 Å². The number of likely N-dealkylation sites (N-methyl/N-ethyl adjacent to an activating group) is 1. The minimum atomic E-state index is -0.248. The summed E-state index contributed by atoms with van der Waals surface area (Å²) < 4.78 is 5.69. The highest BCUT2D eigenvalue weighted by Crippen LogP contribution is 2.24. The van der Waals surface area contributed by atoms with Crippen molar-refractivity contribution in [2.24, 2.45) is 0 Å². The summed E-state index contributed by atoms with van der Waals surface area (Å²) in [5, 5.41) is 2.76. The van der Waals surface area contributed by atoms with Gasteiger partial charge in [-0.05, 0) is 42.2 Å². The Labute approximate surface area is 155 Å². The molecule has 0 atom stereocenters. The second-order valence-electron chi connectivity index (χ2n) is 6.63. The molecule has 26 heavy (non-hydrogen) atoms. The van der Waals surface area contributed by atoms with Crippen molar-refractivity contribution < 1.29 is 14.3 Å². The van der Waals surface area contributed by atoms with Crippen molar-refractivity contribution in [2.75, 3.05) is 25.5 Å². The Morgan fingerprint density at radius 2 is 1.81 bits per heavy atom. The van der Waals surface area contributed by atoms with Crippen molar-refractivity contribution in [1.29, 1.82) is 0 Å². The van der Waals surface area contributed by atoms with Crippen molar-refractivity contribution in [2.45, 2.75) is 26.7 Å². The number of para-hydroxylation sites is 1. The first-order valence-electron chi connectivity index (χ1n) is 8.69. The number of hydrogen-bond donors (Lipinski definition) is 1. The molecule has 0 saturated heterocycles. The molecule has 0 aliphatic rings. The van der Waals surface area contributed by atoms with Crippen molar-refractivity contribution in [3.05, 3.63) is 59.7 Å². The monoisotopic (exact) mass is 354 g/mol. The fraction of sp³-hybridized carbons (Fsp3) is 0.333. The number of ether oxygens (including phenoxy) is 1. The van der Waals surface area contributed by atoms with Crippen molar-refractivity contribution in [3.63, 3.8) is 0 Å². The number of amides is 2. The molecule has 0 radical (unpaired) electrons. The second kappa shape index (κ2) is 9.04. The van der Waals surface area contributed by atoms with Crippen molar-refractivity contribution >= 4 is 17.5 Å². The molecule has 5 heteroatoms. The Balaban J connectivity index is 1.87. The number of carbonyl (C=O) groups excluding carboxylic acids is 2. The van der Waals surface area contributed by atoms with E-state index in [4.69, 9.17) is 4.74 Å². The van der Waals surface area contributed by atoms with E-state index in [1.54, 1.807) is 19.2 Å². The second-order valence-corrected chi connectivity index (χ2v) is 6.63. The SMILES string of the molecule is Cc1ccc(C(C)C)cc1OCC(=O)N(C)CC(=O)Nc1ccccc1. The average molecular weight is 354 g/mol. The van der Waals surface area contributed by atoms with Crippen LogP contribution in [0.3, 0.4) is 0 Å². The molecular weight excluding hydrogens is 328 g/mol. The molecule has 0 bridgehead atoms. The Morgan fingerprint density at radius 1 is 1.12 bits per heavy atom. The topological polar surface area (TPSA) is 58.6 Å². The fourth-order valence-electron chi connectivity index (χ4n) is 2.41. The molecule has 2 aromatic carbocycles. The van der Waals surface area contributed by atoms with Gasteiger partial charge in [0.2, 0.25) is 5.91 Å². The number of anilines is 1. The summed E-state index contributed by atoms with van der Waals surface area (Å²) in [5.74, 6) is 0.595. The Bertz CT molecular complexity index is 757. The molecule has 0 saturated carbocycles. The van der Waals surface area contributed by atoms with E-state index in [1.807, 2.05) is 37.3 Å². The summed E-state index contributed by atoms with van der Waals surface area (Å²) in [6, 6.07) is 15.2. The Hall–Kier alpha value is -2.82. The van der Waals surface area contributed by atoms with E-state index >= 15 is 0 Å². The summed E-state index contributed by atoms with van der Waals surface area (Å²) in [7, 11) is 1.59. The zero-order valence-electron chi connectivity index (χ0n) is 15.8. The van der Waals surface area contributed by atoms with Crippen molar-refractivity contribution in [1.82, 2.24) is 4.90 Å². The zero-order valence-corrected chi connectivity index (χ0v) is 15.8. The first-order valence-corrected chi connectivity index (χ1v) is 8.69. The van der Waals surface area contributed by atoms with E-state index < -0.39 is 0 Å². The van der Waals surface area contributed by atoms with Gasteiger partial charge in [0.1, 0.15) is 5.75 Å². The number of aryl methyl sites for hydroxylation is 1. The van der Waals surface area contributed by atoms with E-state index in [1.165, 1.54) is 4.90 Å². The normalized spacial score (nSPS) is 10.5. The molecule has 0 aliphatic heterocycles. The van der Waals surface area contributed by atoms with Crippen LogP contribution in [0.1, 0.15) is 30.9 Å². The highest BCUT2D eigenvalue weighted by molar-refractivity contribution is 5.94. The van der Waals surface area contributed by atoms with Crippen LogP contribution in [0.5, 0.6) is 5.75 Å². The lowest BCUT2D eigenvalue weighted by Crippen LogP contribution is -2.37. The van der Waals surface area contributed by atoms with Gasteiger partial charge in [0.15, 0.2) is 6.61 Å². The molecule has 0 heterocycles. The Morgan fingerprint density at radius 3 is 2.46 bits per heavy atom. The predicted octanol–water partition coefficient (Wildman–Crippen LogP) is 3.59. The van der Waals surface area contributed by atoms with Gasteiger partial charge in [-0.1, -0.05) is 44.2 Å². The third-order valence-electron chi connectivity index (χ3n) is 4.09. The lowest BCUT2D eigenvalue weighted by atomic mass is 10.0. The summed E-state index contributed by atoms with van der Waals surface area (Å²) in [4.78, 5) is 25.6. The highest BCUT2D eigenvalue weighted by Gasteiger charge is 2.14. The van der Waals surface area contributed by atoms with Crippen LogP contribution in [-0.2, 0) is 9.59 Å². The van der Waals surface area contributed by atoms with Crippen LogP contribution in [0.2, 0.25) is 0 Å². The molecule has 0 spiro atoms. The lowest BCUT2D eigenvalue weighted by molar-refractivity contribution is -0.135. The summed E-state index contributed by atoms with van der Waals surface area (Å²) in [6.45, 7) is 6.04. The third-order valence-corrected chi connectivity index (χ3v) is 4.09. The van der Waals surface area contributed by atoms with Gasteiger partial charge in [-0.25, -0.2) is 0 Å². The molecule has 1 N–H and O–H groups in total. The highest BCUT2D eigenvalue weighted by atomic mass is 16.5. The maximum atomic E-state index is 12.3. The molecule has 0 aliphatic carbocycles. The van der Waals surface area contributed by atoms with Crippen LogP contribution in [0.15, 0.2) is 48.5 Å². The van der Waals surface area contributed by atoms with Gasteiger partial charge in [-0.3, -0.25) is 9.59 Å². The third kappa shape index (κ3) is 5.62. The molecule has 2 aromatic rings. The number of nitrogens with one attached hydrogen (secondary N) is 1. The van der Waals surface area contributed by atoms with Crippen molar-refractivity contribution in [3.8, 4) is 5.75 Å². The quantitative estimate of drug-likeness (QED) is 0.826. The standard InChI is InChI=1S/C21H26N2O3/c1-15(2)17-11-10-16(3)19(12-17)26-14-21(25)23(4)13-20(24)22-18-8-6-5-7-9-18/h5-12,15H,13-14H2,1-4H3,(H,22,24). The van der Waals surface area contributed by atoms with E-state index in [-0.39, 0.29) is 25.0 Å². The molecule has 0 fully saturated rings. The number of benzene rings is 2. The maximum absolute atomic E-state index is 12.3. The van der Waals surface area contributed by atoms with Crippen LogP contribution in [0.4, 0.5) is 5.69 Å². The summed E-state index contributed by atoms with van der Waals surface area (Å²) in [6.07, 6.45) is 0. The molecule has 2 amide bonds. The minimum Gasteiger partial charge on any atom is -0.483 e. The Kier molecular flexibility index (Phi) is 6.78. The number of rotatable bonds is 7. The average Bonchev–Trinajstić information content (AvgIpc) is 2.61. The van der Waals surface area contributed by atoms with E-state index in [2.05, 4.69) is 25.2 Å². The lowest BCUT2D eigenvalue weighted by Gasteiger charge is -2.18. The van der Waals surface area contributed by atoms with E-state index in [9.17, 15) is 9.59 Å². The van der Waals surface area contributed by atoms with Gasteiger partial charge in [0, 0.05) is 12.7 Å². The largest absolute Gasteiger partial charge is 0.483 e. The molecule has 0 aromatic heterocycles. The van der Waals surface area contributed by atoms with Gasteiger partial charge in [0.05, 0.1) is 6.54 Å². The van der Waals surface area contributed by atoms with Gasteiger partial charge in [-0.2, -0.15) is 0 Å². The minimum absolute atomic E-state index is 0.0257. The molecule has 2 rings (SSSR count). The van der Waals surface area contributed by atoms with Gasteiger partial charge >= 0.3 is 0 Å².